The van der Waals surface area contributed by atoms with Crippen molar-refractivity contribution < 1.29 is 14.3 Å². The van der Waals surface area contributed by atoms with Crippen LogP contribution in [-0.4, -0.2) is 52.4 Å². The van der Waals surface area contributed by atoms with E-state index in [1.54, 1.807) is 11.8 Å². The van der Waals surface area contributed by atoms with Gasteiger partial charge in [0.1, 0.15) is 5.82 Å². The van der Waals surface area contributed by atoms with Crippen LogP contribution in [0.25, 0.3) is 0 Å². The van der Waals surface area contributed by atoms with Gasteiger partial charge in [-0.3, -0.25) is 5.32 Å². The molecule has 0 spiro atoms. The summed E-state index contributed by atoms with van der Waals surface area (Å²) < 4.78 is 15.0. The molecule has 7 nitrogen and oxygen atoms in total. The molecule has 0 atom stereocenters. The van der Waals surface area contributed by atoms with Gasteiger partial charge >= 0.3 is 6.03 Å². The van der Waals surface area contributed by atoms with Crippen LogP contribution in [0.3, 0.4) is 0 Å². The normalized spacial score (nSPS) is 11.2. The zero-order chi connectivity index (χ0) is 15.8. The van der Waals surface area contributed by atoms with Gasteiger partial charge in [0.2, 0.25) is 5.13 Å². The van der Waals surface area contributed by atoms with E-state index in [0.29, 0.717) is 30.7 Å². The Morgan fingerprint density at radius 3 is 2.38 bits per heavy atom. The molecule has 2 amide bonds. The molecule has 21 heavy (non-hydrogen) atoms. The number of hydrogen-bond acceptors (Lipinski definition) is 6. The van der Waals surface area contributed by atoms with Gasteiger partial charge in [0.05, 0.1) is 6.54 Å². The number of rotatable bonds is 8. The van der Waals surface area contributed by atoms with Crippen molar-refractivity contribution in [3.63, 3.8) is 0 Å². The molecule has 0 saturated carbocycles. The second-order valence-electron chi connectivity index (χ2n) is 4.66. The molecule has 1 aromatic heterocycles. The third kappa shape index (κ3) is 5.94. The molecule has 0 radical (unpaired) electrons. The third-order valence-electron chi connectivity index (χ3n) is 2.68. The fraction of sp³-hybridized carbons (Fsp3) is 0.769. The summed E-state index contributed by atoms with van der Waals surface area (Å²) in [6.45, 7) is 10.9. The minimum absolute atomic E-state index is 0.0161. The van der Waals surface area contributed by atoms with Gasteiger partial charge in [-0.15, -0.1) is 0 Å². The largest absolute Gasteiger partial charge is 0.351 e. The van der Waals surface area contributed by atoms with Crippen molar-refractivity contribution in [3.05, 3.63) is 5.82 Å². The van der Waals surface area contributed by atoms with Crippen molar-refractivity contribution >= 4 is 22.7 Å². The highest BCUT2D eigenvalue weighted by Gasteiger charge is 2.23. The van der Waals surface area contributed by atoms with Crippen molar-refractivity contribution in [1.29, 1.82) is 0 Å². The standard InChI is InChI=1S/C13H24N4O3S/c1-6-19-11(20-7-2)8-17(9(3)4)13(18)15-12-14-10(5)16-21-12/h9,11H,6-8H2,1-5H3,(H,14,15,16,18). The number of carbonyl (C=O) groups excluding carboxylic acids is 1. The summed E-state index contributed by atoms with van der Waals surface area (Å²) in [6, 6.07) is -0.215. The summed E-state index contributed by atoms with van der Waals surface area (Å²) in [7, 11) is 0. The van der Waals surface area contributed by atoms with Crippen LogP contribution in [-0.2, 0) is 9.47 Å². The molecule has 1 rings (SSSR count). The number of aryl methyl sites for hydroxylation is 1. The molecule has 0 bridgehead atoms. The predicted molar refractivity (Wildman–Crippen MR) is 82.5 cm³/mol. The van der Waals surface area contributed by atoms with Crippen molar-refractivity contribution in [1.82, 2.24) is 14.3 Å². The Morgan fingerprint density at radius 1 is 1.33 bits per heavy atom. The SMILES string of the molecule is CCOC(CN(C(=O)Nc1nc(C)ns1)C(C)C)OCC. The first-order valence-electron chi connectivity index (χ1n) is 7.09. The van der Waals surface area contributed by atoms with Crippen molar-refractivity contribution in [3.8, 4) is 0 Å². The molecule has 0 saturated heterocycles. The second kappa shape index (κ2) is 8.91. The maximum Gasteiger partial charge on any atom is 0.324 e. The third-order valence-corrected chi connectivity index (χ3v) is 3.40. The number of urea groups is 1. The fourth-order valence-corrected chi connectivity index (χ4v) is 2.29. The first kappa shape index (κ1) is 17.8. The number of carbonyl (C=O) groups is 1. The van der Waals surface area contributed by atoms with Gasteiger partial charge in [-0.2, -0.15) is 4.37 Å². The summed E-state index contributed by atoms with van der Waals surface area (Å²) in [6.07, 6.45) is -0.427. The van der Waals surface area contributed by atoms with E-state index in [1.807, 2.05) is 27.7 Å². The van der Waals surface area contributed by atoms with Crippen molar-refractivity contribution in [2.24, 2.45) is 0 Å². The van der Waals surface area contributed by atoms with Crippen molar-refractivity contribution in [2.45, 2.75) is 47.0 Å². The number of amides is 2. The van der Waals surface area contributed by atoms with Gasteiger partial charge in [-0.25, -0.2) is 9.78 Å². The zero-order valence-electron chi connectivity index (χ0n) is 13.3. The van der Waals surface area contributed by atoms with Gasteiger partial charge in [0.15, 0.2) is 6.29 Å². The molecular weight excluding hydrogens is 292 g/mol. The Hall–Kier alpha value is -1.25. The number of anilines is 1. The smallest absolute Gasteiger partial charge is 0.324 e. The van der Waals surface area contributed by atoms with Crippen LogP contribution >= 0.6 is 11.5 Å². The van der Waals surface area contributed by atoms with E-state index in [0.717, 1.165) is 11.5 Å². The summed E-state index contributed by atoms with van der Waals surface area (Å²) >= 11 is 1.16. The number of ether oxygens (including phenoxy) is 2. The van der Waals surface area contributed by atoms with Crippen LogP contribution in [0.4, 0.5) is 9.93 Å². The van der Waals surface area contributed by atoms with E-state index >= 15 is 0 Å². The monoisotopic (exact) mass is 316 g/mol. The number of nitrogens with zero attached hydrogens (tertiary/aromatic N) is 3. The van der Waals surface area contributed by atoms with E-state index in [2.05, 4.69) is 14.7 Å². The quantitative estimate of drug-likeness (QED) is 0.746. The maximum absolute atomic E-state index is 12.3. The van der Waals surface area contributed by atoms with Crippen LogP contribution in [0.15, 0.2) is 0 Å². The molecule has 0 aliphatic carbocycles. The Morgan fingerprint density at radius 2 is 1.95 bits per heavy atom. The van der Waals surface area contributed by atoms with Crippen LogP contribution in [0, 0.1) is 6.92 Å². The second-order valence-corrected chi connectivity index (χ2v) is 5.42. The molecule has 8 heteroatoms. The summed E-state index contributed by atoms with van der Waals surface area (Å²) in [5, 5.41) is 3.25. The van der Waals surface area contributed by atoms with Gasteiger partial charge in [-0.05, 0) is 34.6 Å². The minimum Gasteiger partial charge on any atom is -0.351 e. The lowest BCUT2D eigenvalue weighted by atomic mass is 10.3. The van der Waals surface area contributed by atoms with E-state index in [1.165, 1.54) is 0 Å². The highest BCUT2D eigenvalue weighted by Crippen LogP contribution is 2.13. The average Bonchev–Trinajstić information content (AvgIpc) is 2.81. The molecule has 0 unspecified atom stereocenters. The van der Waals surface area contributed by atoms with E-state index in [9.17, 15) is 4.79 Å². The van der Waals surface area contributed by atoms with Crippen molar-refractivity contribution in [2.75, 3.05) is 25.1 Å². The van der Waals surface area contributed by atoms with Crippen LogP contribution in [0.2, 0.25) is 0 Å². The Bertz CT molecular complexity index is 433. The van der Waals surface area contributed by atoms with Crippen LogP contribution in [0.5, 0.6) is 0 Å². The molecular formula is C13H24N4O3S. The Balaban J connectivity index is 2.68. The zero-order valence-corrected chi connectivity index (χ0v) is 14.1. The Labute approximate surface area is 129 Å². The highest BCUT2D eigenvalue weighted by atomic mass is 32.1. The van der Waals surface area contributed by atoms with Crippen LogP contribution in [0.1, 0.15) is 33.5 Å². The van der Waals surface area contributed by atoms with Crippen LogP contribution < -0.4 is 5.32 Å². The molecule has 1 heterocycles. The lowest BCUT2D eigenvalue weighted by Crippen LogP contribution is -2.45. The minimum atomic E-state index is -0.427. The molecule has 0 aliphatic rings. The summed E-state index contributed by atoms with van der Waals surface area (Å²) in [5.41, 5.74) is 0. The van der Waals surface area contributed by atoms with Gasteiger partial charge in [-0.1, -0.05) is 0 Å². The summed E-state index contributed by atoms with van der Waals surface area (Å²) in [5.74, 6) is 0.646. The first-order chi connectivity index (χ1) is 9.97. The van der Waals surface area contributed by atoms with Gasteiger partial charge in [0, 0.05) is 30.8 Å². The van der Waals surface area contributed by atoms with E-state index in [4.69, 9.17) is 9.47 Å². The van der Waals surface area contributed by atoms with Gasteiger partial charge < -0.3 is 14.4 Å². The average molecular weight is 316 g/mol. The number of nitrogens with one attached hydrogen (secondary N) is 1. The maximum atomic E-state index is 12.3. The predicted octanol–water partition coefficient (Wildman–Crippen LogP) is 2.49. The highest BCUT2D eigenvalue weighted by molar-refractivity contribution is 7.09. The lowest BCUT2D eigenvalue weighted by molar-refractivity contribution is -0.144. The molecule has 0 fully saturated rings. The molecule has 0 aromatic carbocycles. The molecule has 0 aliphatic heterocycles. The number of aromatic nitrogens is 2. The first-order valence-corrected chi connectivity index (χ1v) is 7.86. The molecule has 120 valence electrons. The lowest BCUT2D eigenvalue weighted by Gasteiger charge is -2.30. The Kier molecular flexibility index (Phi) is 7.55. The van der Waals surface area contributed by atoms with E-state index < -0.39 is 6.29 Å². The van der Waals surface area contributed by atoms with Gasteiger partial charge in [0.25, 0.3) is 0 Å². The number of hydrogen-bond donors (Lipinski definition) is 1. The topological polar surface area (TPSA) is 76.6 Å². The molecule has 1 N–H and O–H groups in total. The summed E-state index contributed by atoms with van der Waals surface area (Å²) in [4.78, 5) is 18.1. The molecule has 1 aromatic rings. The fourth-order valence-electron chi connectivity index (χ4n) is 1.73. The van der Waals surface area contributed by atoms with E-state index in [-0.39, 0.29) is 12.1 Å².